The molecule has 0 aromatic carbocycles. The fourth-order valence-corrected chi connectivity index (χ4v) is 2.58. The van der Waals surface area contributed by atoms with Gasteiger partial charge >= 0.3 is 0 Å². The Balaban J connectivity index is 3.34. The summed E-state index contributed by atoms with van der Waals surface area (Å²) in [5.41, 5.74) is 5.41. The first-order valence-corrected chi connectivity index (χ1v) is 8.56. The molecule has 0 saturated heterocycles. The average molecular weight is 286 g/mol. The fraction of sp³-hybridized carbons (Fsp3) is 1.00. The van der Waals surface area contributed by atoms with Crippen molar-refractivity contribution >= 4 is 0 Å². The second-order valence-electron chi connectivity index (χ2n) is 5.84. The van der Waals surface area contributed by atoms with Crippen molar-refractivity contribution < 1.29 is 4.92 Å². The molecule has 0 bridgehead atoms. The first-order valence-electron chi connectivity index (χ1n) is 8.56. The van der Waals surface area contributed by atoms with Gasteiger partial charge in [0.25, 0.3) is 0 Å². The number of nitro groups is 1. The summed E-state index contributed by atoms with van der Waals surface area (Å²) in [5.74, 6) is 0. The second-order valence-corrected chi connectivity index (χ2v) is 5.84. The Kier molecular flexibility index (Phi) is 14.3. The third kappa shape index (κ3) is 12.4. The number of nitrogens with two attached hydrogens (primary N) is 1. The van der Waals surface area contributed by atoms with Crippen molar-refractivity contribution in [3.63, 3.8) is 0 Å². The Morgan fingerprint density at radius 3 is 1.75 bits per heavy atom. The Labute approximate surface area is 124 Å². The van der Waals surface area contributed by atoms with Crippen molar-refractivity contribution in [2.45, 2.75) is 96.4 Å². The summed E-state index contributed by atoms with van der Waals surface area (Å²) in [6, 6.07) is -0.368. The van der Waals surface area contributed by atoms with Crippen LogP contribution in [-0.4, -0.2) is 17.5 Å². The van der Waals surface area contributed by atoms with E-state index in [0.29, 0.717) is 13.0 Å². The van der Waals surface area contributed by atoms with Gasteiger partial charge in [0, 0.05) is 17.8 Å². The summed E-state index contributed by atoms with van der Waals surface area (Å²) in [5, 5.41) is 10.9. The van der Waals surface area contributed by atoms with E-state index >= 15 is 0 Å². The Bertz CT molecular complexity index is 223. The van der Waals surface area contributed by atoms with Crippen LogP contribution in [0.25, 0.3) is 0 Å². The lowest BCUT2D eigenvalue weighted by atomic mass is 10.0. The number of unbranched alkanes of at least 4 members (excludes halogenated alkanes) is 9. The van der Waals surface area contributed by atoms with Gasteiger partial charge in [0.05, 0.1) is 0 Å². The highest BCUT2D eigenvalue weighted by Crippen LogP contribution is 2.14. The second kappa shape index (κ2) is 14.8. The van der Waals surface area contributed by atoms with Crippen molar-refractivity contribution in [1.29, 1.82) is 0 Å². The molecule has 0 fully saturated rings. The minimum absolute atomic E-state index is 0.122. The zero-order valence-electron chi connectivity index (χ0n) is 13.3. The van der Waals surface area contributed by atoms with Crippen LogP contribution in [0.2, 0.25) is 0 Å². The van der Waals surface area contributed by atoms with Gasteiger partial charge < -0.3 is 5.73 Å². The number of rotatable bonds is 15. The highest BCUT2D eigenvalue weighted by atomic mass is 16.6. The topological polar surface area (TPSA) is 69.2 Å². The lowest BCUT2D eigenvalue weighted by Gasteiger charge is -2.08. The van der Waals surface area contributed by atoms with E-state index in [4.69, 9.17) is 5.73 Å². The van der Waals surface area contributed by atoms with Crippen molar-refractivity contribution in [1.82, 2.24) is 0 Å². The van der Waals surface area contributed by atoms with E-state index in [1.165, 1.54) is 51.4 Å². The van der Waals surface area contributed by atoms with Crippen LogP contribution in [0.3, 0.4) is 0 Å². The summed E-state index contributed by atoms with van der Waals surface area (Å²) in [6.45, 7) is 2.80. The van der Waals surface area contributed by atoms with E-state index in [0.717, 1.165) is 25.7 Å². The molecule has 4 nitrogen and oxygen atoms in total. The minimum atomic E-state index is -0.368. The fourth-order valence-electron chi connectivity index (χ4n) is 2.58. The maximum atomic E-state index is 10.9. The highest BCUT2D eigenvalue weighted by molar-refractivity contribution is 4.58. The lowest BCUT2D eigenvalue weighted by molar-refractivity contribution is -0.524. The molecule has 20 heavy (non-hydrogen) atoms. The Morgan fingerprint density at radius 2 is 1.30 bits per heavy atom. The molecule has 0 saturated carbocycles. The van der Waals surface area contributed by atoms with E-state index in [-0.39, 0.29) is 11.0 Å². The van der Waals surface area contributed by atoms with Gasteiger partial charge in [0.2, 0.25) is 6.04 Å². The van der Waals surface area contributed by atoms with E-state index in [9.17, 15) is 10.1 Å². The van der Waals surface area contributed by atoms with Gasteiger partial charge in [-0.25, -0.2) is 0 Å². The molecule has 120 valence electrons. The van der Waals surface area contributed by atoms with Crippen LogP contribution in [0.15, 0.2) is 0 Å². The highest BCUT2D eigenvalue weighted by Gasteiger charge is 2.18. The molecule has 0 aliphatic heterocycles. The molecule has 0 spiro atoms. The van der Waals surface area contributed by atoms with Crippen LogP contribution in [0.1, 0.15) is 90.4 Å². The van der Waals surface area contributed by atoms with Crippen LogP contribution in [0.5, 0.6) is 0 Å². The molecular weight excluding hydrogens is 252 g/mol. The van der Waals surface area contributed by atoms with Crippen LogP contribution in [0.4, 0.5) is 0 Å². The van der Waals surface area contributed by atoms with Gasteiger partial charge in [0.1, 0.15) is 0 Å². The van der Waals surface area contributed by atoms with E-state index < -0.39 is 0 Å². The summed E-state index contributed by atoms with van der Waals surface area (Å²) in [7, 11) is 0. The molecular formula is C16H34N2O2. The van der Waals surface area contributed by atoms with E-state index in [2.05, 4.69) is 6.92 Å². The van der Waals surface area contributed by atoms with E-state index in [1.54, 1.807) is 0 Å². The van der Waals surface area contributed by atoms with Crippen LogP contribution in [0, 0.1) is 10.1 Å². The van der Waals surface area contributed by atoms with Gasteiger partial charge in [-0.3, -0.25) is 10.1 Å². The maximum Gasteiger partial charge on any atom is 0.213 e. The molecule has 0 aromatic rings. The molecule has 1 unspecified atom stereocenters. The molecule has 2 N–H and O–H groups in total. The Morgan fingerprint density at radius 1 is 0.850 bits per heavy atom. The molecule has 0 aliphatic carbocycles. The largest absolute Gasteiger partial charge is 0.330 e. The first-order chi connectivity index (χ1) is 9.72. The molecule has 0 amide bonds. The quantitative estimate of drug-likeness (QED) is 0.270. The van der Waals surface area contributed by atoms with Crippen LogP contribution >= 0.6 is 0 Å². The van der Waals surface area contributed by atoms with Crippen LogP contribution < -0.4 is 5.73 Å². The minimum Gasteiger partial charge on any atom is -0.330 e. The Hall–Kier alpha value is -0.640. The molecule has 0 radical (unpaired) electrons. The van der Waals surface area contributed by atoms with Gasteiger partial charge in [0.15, 0.2) is 0 Å². The predicted molar refractivity (Wildman–Crippen MR) is 85.5 cm³/mol. The summed E-state index contributed by atoms with van der Waals surface area (Å²) < 4.78 is 0. The van der Waals surface area contributed by atoms with Crippen molar-refractivity contribution in [3.05, 3.63) is 10.1 Å². The maximum absolute atomic E-state index is 10.9. The third-order valence-electron chi connectivity index (χ3n) is 3.93. The van der Waals surface area contributed by atoms with Crippen LogP contribution in [-0.2, 0) is 0 Å². The number of hydrogen-bond acceptors (Lipinski definition) is 3. The molecule has 0 rings (SSSR count). The van der Waals surface area contributed by atoms with Crippen molar-refractivity contribution in [2.24, 2.45) is 5.73 Å². The lowest BCUT2D eigenvalue weighted by Crippen LogP contribution is -2.20. The average Bonchev–Trinajstić information content (AvgIpc) is 2.43. The first kappa shape index (κ1) is 19.4. The SMILES string of the molecule is CCCCCCCCCCCCC(CCCN)[N+](=O)[O-]. The smallest absolute Gasteiger partial charge is 0.213 e. The number of nitrogens with zero attached hydrogens (tertiary/aromatic N) is 1. The molecule has 0 aliphatic rings. The zero-order valence-corrected chi connectivity index (χ0v) is 13.3. The van der Waals surface area contributed by atoms with Gasteiger partial charge in [-0.2, -0.15) is 0 Å². The third-order valence-corrected chi connectivity index (χ3v) is 3.93. The zero-order chi connectivity index (χ0) is 15.1. The molecule has 0 aromatic heterocycles. The van der Waals surface area contributed by atoms with Crippen molar-refractivity contribution in [2.75, 3.05) is 6.54 Å². The van der Waals surface area contributed by atoms with Crippen molar-refractivity contribution in [3.8, 4) is 0 Å². The van der Waals surface area contributed by atoms with E-state index in [1.807, 2.05) is 0 Å². The standard InChI is InChI=1S/C16H34N2O2/c1-2-3-4-5-6-7-8-9-10-11-13-16(18(19)20)14-12-15-17/h16H,2-15,17H2,1H3. The summed E-state index contributed by atoms with van der Waals surface area (Å²) in [6.07, 6.45) is 14.9. The summed E-state index contributed by atoms with van der Waals surface area (Å²) >= 11 is 0. The van der Waals surface area contributed by atoms with Gasteiger partial charge in [-0.1, -0.05) is 64.7 Å². The van der Waals surface area contributed by atoms with Gasteiger partial charge in [-0.15, -0.1) is 0 Å². The summed E-state index contributed by atoms with van der Waals surface area (Å²) in [4.78, 5) is 10.7. The molecule has 0 heterocycles. The normalized spacial score (nSPS) is 12.5. The predicted octanol–water partition coefficient (Wildman–Crippen LogP) is 4.68. The van der Waals surface area contributed by atoms with Gasteiger partial charge in [-0.05, 0) is 19.4 Å². The monoisotopic (exact) mass is 286 g/mol. The number of hydrogen-bond donors (Lipinski definition) is 1. The molecule has 4 heteroatoms. The molecule has 1 atom stereocenters.